The largest absolute Gasteiger partial charge is 0.319 e. The van der Waals surface area contributed by atoms with Crippen LogP contribution in [0, 0.1) is 10.1 Å². The number of fused-ring (bicyclic) bond motifs is 1. The van der Waals surface area contributed by atoms with Crippen molar-refractivity contribution in [1.82, 2.24) is 4.90 Å². The summed E-state index contributed by atoms with van der Waals surface area (Å²) in [4.78, 5) is 26.5. The van der Waals surface area contributed by atoms with E-state index in [-0.39, 0.29) is 23.3 Å². The van der Waals surface area contributed by atoms with Gasteiger partial charge in [0.05, 0.1) is 11.0 Å². The van der Waals surface area contributed by atoms with Crippen molar-refractivity contribution in [1.29, 1.82) is 0 Å². The first-order chi connectivity index (χ1) is 11.1. The van der Waals surface area contributed by atoms with Gasteiger partial charge in [-0.15, -0.1) is 11.3 Å². The molecule has 0 saturated heterocycles. The van der Waals surface area contributed by atoms with Gasteiger partial charge < -0.3 is 5.32 Å². The van der Waals surface area contributed by atoms with E-state index in [9.17, 15) is 14.9 Å². The number of nitrogens with one attached hydrogen (secondary N) is 1. The molecular weight excluding hydrogens is 314 g/mol. The minimum absolute atomic E-state index is 0.0909. The number of nitro groups is 1. The number of hydrogen-bond acceptors (Lipinski definition) is 5. The molecule has 1 amide bonds. The monoisotopic (exact) mass is 331 g/mol. The fourth-order valence-electron chi connectivity index (χ4n) is 2.74. The van der Waals surface area contributed by atoms with E-state index in [1.165, 1.54) is 16.5 Å². The maximum Gasteiger partial charge on any atom is 0.292 e. The maximum atomic E-state index is 12.5. The van der Waals surface area contributed by atoms with Gasteiger partial charge in [0.1, 0.15) is 5.69 Å². The van der Waals surface area contributed by atoms with Crippen molar-refractivity contribution in [2.45, 2.75) is 25.9 Å². The van der Waals surface area contributed by atoms with Gasteiger partial charge in [0.25, 0.3) is 5.69 Å². The molecule has 1 atom stereocenters. The number of thiophene rings is 1. The number of carbonyl (C=O) groups excluding carboxylic acids is 1. The van der Waals surface area contributed by atoms with Crippen LogP contribution in [0.15, 0.2) is 35.7 Å². The summed E-state index contributed by atoms with van der Waals surface area (Å²) in [5.41, 5.74) is 1.42. The lowest BCUT2D eigenvalue weighted by Crippen LogP contribution is -2.44. The molecule has 2 aromatic rings. The van der Waals surface area contributed by atoms with Crippen LogP contribution in [0.2, 0.25) is 0 Å². The second-order valence-electron chi connectivity index (χ2n) is 5.53. The maximum absolute atomic E-state index is 12.5. The van der Waals surface area contributed by atoms with Gasteiger partial charge in [0.2, 0.25) is 5.91 Å². The average molecular weight is 331 g/mol. The minimum atomic E-state index is -0.487. The van der Waals surface area contributed by atoms with E-state index in [4.69, 9.17) is 0 Å². The van der Waals surface area contributed by atoms with Crippen LogP contribution in [0.1, 0.15) is 17.4 Å². The molecule has 6 nitrogen and oxygen atoms in total. The van der Waals surface area contributed by atoms with Crippen molar-refractivity contribution in [2.75, 3.05) is 11.9 Å². The molecule has 0 spiro atoms. The van der Waals surface area contributed by atoms with Gasteiger partial charge in [-0.25, -0.2) is 0 Å². The van der Waals surface area contributed by atoms with Gasteiger partial charge in [0, 0.05) is 24.0 Å². The third-order valence-corrected chi connectivity index (χ3v) is 5.15. The number of nitrogens with zero attached hydrogens (tertiary/aromatic N) is 2. The summed E-state index contributed by atoms with van der Waals surface area (Å²) in [5.74, 6) is -0.224. The summed E-state index contributed by atoms with van der Waals surface area (Å²) in [5, 5.41) is 15.8. The summed E-state index contributed by atoms with van der Waals surface area (Å²) in [6.07, 6.45) is 0.941. The van der Waals surface area contributed by atoms with Crippen LogP contribution in [0.4, 0.5) is 11.4 Å². The number of benzene rings is 1. The lowest BCUT2D eigenvalue weighted by molar-refractivity contribution is -0.383. The van der Waals surface area contributed by atoms with Crippen LogP contribution in [-0.4, -0.2) is 28.3 Å². The molecule has 2 heterocycles. The second-order valence-corrected chi connectivity index (χ2v) is 6.53. The first-order valence-corrected chi connectivity index (χ1v) is 8.28. The molecule has 120 valence electrons. The van der Waals surface area contributed by atoms with Crippen molar-refractivity contribution in [3.05, 3.63) is 56.3 Å². The van der Waals surface area contributed by atoms with Crippen molar-refractivity contribution < 1.29 is 9.72 Å². The third-order valence-electron chi connectivity index (χ3n) is 4.12. The van der Waals surface area contributed by atoms with Crippen molar-refractivity contribution in [3.8, 4) is 0 Å². The van der Waals surface area contributed by atoms with Crippen LogP contribution >= 0.6 is 11.3 Å². The number of rotatable bonds is 4. The predicted octanol–water partition coefficient (Wildman–Crippen LogP) is 3.04. The summed E-state index contributed by atoms with van der Waals surface area (Å²) in [7, 11) is 0. The van der Waals surface area contributed by atoms with E-state index in [1.807, 2.05) is 6.92 Å². The van der Waals surface area contributed by atoms with Gasteiger partial charge >= 0.3 is 0 Å². The molecule has 1 N–H and O–H groups in total. The van der Waals surface area contributed by atoms with Crippen LogP contribution < -0.4 is 5.32 Å². The SMILES string of the molecule is C[C@H](C(=O)Nc1ccccc1[N+](=O)[O-])N1CCc2sccc2C1. The Kier molecular flexibility index (Phi) is 4.40. The minimum Gasteiger partial charge on any atom is -0.319 e. The van der Waals surface area contributed by atoms with Gasteiger partial charge in [-0.1, -0.05) is 12.1 Å². The molecule has 1 aromatic carbocycles. The zero-order valence-corrected chi connectivity index (χ0v) is 13.5. The topological polar surface area (TPSA) is 75.5 Å². The van der Waals surface area contributed by atoms with Crippen LogP contribution in [0.5, 0.6) is 0 Å². The second kappa shape index (κ2) is 6.47. The third kappa shape index (κ3) is 3.25. The average Bonchev–Trinajstić information content (AvgIpc) is 3.01. The van der Waals surface area contributed by atoms with E-state index < -0.39 is 4.92 Å². The van der Waals surface area contributed by atoms with Crippen LogP contribution in [0.25, 0.3) is 0 Å². The molecule has 23 heavy (non-hydrogen) atoms. The van der Waals surface area contributed by atoms with E-state index in [0.29, 0.717) is 0 Å². The zero-order chi connectivity index (χ0) is 16.4. The van der Waals surface area contributed by atoms with Gasteiger partial charge in [-0.3, -0.25) is 19.8 Å². The standard InChI is InChI=1S/C16H17N3O3S/c1-11(18-8-6-15-12(10-18)7-9-23-15)16(20)17-13-4-2-3-5-14(13)19(21)22/h2-5,7,9,11H,6,8,10H2,1H3,(H,17,20)/t11-/m1/s1. The van der Waals surface area contributed by atoms with Crippen molar-refractivity contribution in [2.24, 2.45) is 0 Å². The fraction of sp³-hybridized carbons (Fsp3) is 0.312. The first-order valence-electron chi connectivity index (χ1n) is 7.40. The quantitative estimate of drug-likeness (QED) is 0.690. The number of para-hydroxylation sites is 2. The van der Waals surface area contributed by atoms with Crippen molar-refractivity contribution >= 4 is 28.6 Å². The Labute approximate surface area is 137 Å². The first kappa shape index (κ1) is 15.6. The Bertz CT molecular complexity index is 744. The highest BCUT2D eigenvalue weighted by molar-refractivity contribution is 7.10. The molecule has 0 aliphatic carbocycles. The smallest absolute Gasteiger partial charge is 0.292 e. The molecule has 3 rings (SSSR count). The highest BCUT2D eigenvalue weighted by Gasteiger charge is 2.27. The number of anilines is 1. The molecule has 0 unspecified atom stereocenters. The Morgan fingerprint density at radius 3 is 2.96 bits per heavy atom. The lowest BCUT2D eigenvalue weighted by Gasteiger charge is -2.31. The van der Waals surface area contributed by atoms with Crippen molar-refractivity contribution in [3.63, 3.8) is 0 Å². The molecule has 1 aliphatic rings. The predicted molar refractivity (Wildman–Crippen MR) is 89.6 cm³/mol. The van der Waals surface area contributed by atoms with E-state index >= 15 is 0 Å². The number of nitro benzene ring substituents is 1. The Morgan fingerprint density at radius 1 is 1.39 bits per heavy atom. The molecular formula is C16H17N3O3S. The van der Waals surface area contributed by atoms with Crippen LogP contribution in [0.3, 0.4) is 0 Å². The summed E-state index contributed by atoms with van der Waals surface area (Å²) >= 11 is 1.75. The fourth-order valence-corrected chi connectivity index (χ4v) is 3.63. The van der Waals surface area contributed by atoms with Crippen LogP contribution in [-0.2, 0) is 17.8 Å². The summed E-state index contributed by atoms with van der Waals surface area (Å²) in [6.45, 7) is 3.39. The molecule has 0 fully saturated rings. The van der Waals surface area contributed by atoms with Gasteiger partial charge in [-0.2, -0.15) is 0 Å². The lowest BCUT2D eigenvalue weighted by atomic mass is 10.1. The Hall–Kier alpha value is -2.25. The van der Waals surface area contributed by atoms with Gasteiger partial charge in [-0.05, 0) is 36.4 Å². The normalized spacial score (nSPS) is 15.7. The molecule has 0 radical (unpaired) electrons. The summed E-state index contributed by atoms with van der Waals surface area (Å²) < 4.78 is 0. The van der Waals surface area contributed by atoms with E-state index in [2.05, 4.69) is 21.7 Å². The summed E-state index contributed by atoms with van der Waals surface area (Å²) in [6, 6.07) is 7.95. The molecule has 0 bridgehead atoms. The molecule has 0 saturated carbocycles. The number of amides is 1. The highest BCUT2D eigenvalue weighted by atomic mass is 32.1. The number of carbonyl (C=O) groups is 1. The highest BCUT2D eigenvalue weighted by Crippen LogP contribution is 2.27. The zero-order valence-electron chi connectivity index (χ0n) is 12.7. The Balaban J connectivity index is 1.70. The molecule has 1 aliphatic heterocycles. The van der Waals surface area contributed by atoms with Gasteiger partial charge in [0.15, 0.2) is 0 Å². The molecule has 7 heteroatoms. The number of hydrogen-bond donors (Lipinski definition) is 1. The Morgan fingerprint density at radius 2 is 2.17 bits per heavy atom. The van der Waals surface area contributed by atoms with E-state index in [0.717, 1.165) is 19.5 Å². The molecule has 1 aromatic heterocycles. The van der Waals surface area contributed by atoms with E-state index in [1.54, 1.807) is 29.5 Å².